The normalized spacial score (nSPS) is 15.6. The molecule has 0 atom stereocenters. The number of anilines is 1. The van der Waals surface area contributed by atoms with Gasteiger partial charge in [-0.2, -0.15) is 0 Å². The molecule has 29 heavy (non-hydrogen) atoms. The maximum atomic E-state index is 13.6. The molecule has 3 aromatic carbocycles. The predicted molar refractivity (Wildman–Crippen MR) is 120 cm³/mol. The Hall–Kier alpha value is -2.81. The van der Waals surface area contributed by atoms with E-state index in [-0.39, 0.29) is 12.0 Å². The first-order valence-electron chi connectivity index (χ1n) is 10.6. The van der Waals surface area contributed by atoms with E-state index in [2.05, 4.69) is 36.5 Å². The fraction of sp³-hybridized carbons (Fsp3) is 0.346. The van der Waals surface area contributed by atoms with Crippen molar-refractivity contribution < 1.29 is 9.53 Å². The molecule has 1 amide bonds. The van der Waals surface area contributed by atoms with Crippen molar-refractivity contribution in [3.05, 3.63) is 71.8 Å². The maximum Gasteiger partial charge on any atom is 0.235 e. The summed E-state index contributed by atoms with van der Waals surface area (Å²) in [4.78, 5) is 13.6. The summed E-state index contributed by atoms with van der Waals surface area (Å²) in [5.41, 5.74) is 2.75. The quantitative estimate of drug-likeness (QED) is 0.551. The lowest BCUT2D eigenvalue weighted by Crippen LogP contribution is -2.38. The van der Waals surface area contributed by atoms with Gasteiger partial charge in [-0.15, -0.1) is 0 Å². The Morgan fingerprint density at radius 3 is 2.24 bits per heavy atom. The SMILES string of the molecule is Cc1ccc(C2(C(=O)Nc3ccc(OC(C)C)c4ccccc34)CCCC2)cc1. The third-order valence-corrected chi connectivity index (χ3v) is 5.99. The molecule has 3 nitrogen and oxygen atoms in total. The van der Waals surface area contributed by atoms with E-state index in [1.54, 1.807) is 0 Å². The van der Waals surface area contributed by atoms with Gasteiger partial charge in [-0.3, -0.25) is 4.79 Å². The van der Waals surface area contributed by atoms with Crippen molar-refractivity contribution in [2.45, 2.75) is 58.0 Å². The Labute approximate surface area is 173 Å². The first-order valence-corrected chi connectivity index (χ1v) is 10.6. The standard InChI is InChI=1S/C26H29NO2/c1-18(2)29-24-15-14-23(21-8-4-5-9-22(21)24)27-25(28)26(16-6-7-17-26)20-12-10-19(3)11-13-20/h4-5,8-15,18H,6-7,16-17H2,1-3H3,(H,27,28). The van der Waals surface area contributed by atoms with Crippen molar-refractivity contribution in [1.82, 2.24) is 0 Å². The fourth-order valence-corrected chi connectivity index (χ4v) is 4.48. The number of hydrogen-bond acceptors (Lipinski definition) is 2. The minimum atomic E-state index is -0.443. The van der Waals surface area contributed by atoms with Crippen LogP contribution in [0.2, 0.25) is 0 Å². The molecule has 1 fully saturated rings. The Morgan fingerprint density at radius 1 is 0.931 bits per heavy atom. The van der Waals surface area contributed by atoms with Gasteiger partial charge in [0.1, 0.15) is 5.75 Å². The van der Waals surface area contributed by atoms with Crippen LogP contribution in [0.5, 0.6) is 5.75 Å². The first kappa shape index (κ1) is 19.5. The van der Waals surface area contributed by atoms with Crippen molar-refractivity contribution in [2.24, 2.45) is 0 Å². The van der Waals surface area contributed by atoms with Gasteiger partial charge in [-0.05, 0) is 51.3 Å². The number of fused-ring (bicyclic) bond motifs is 1. The largest absolute Gasteiger partial charge is 0.490 e. The highest BCUT2D eigenvalue weighted by Crippen LogP contribution is 2.43. The van der Waals surface area contributed by atoms with Crippen molar-refractivity contribution in [3.63, 3.8) is 0 Å². The minimum Gasteiger partial charge on any atom is -0.490 e. The highest BCUT2D eigenvalue weighted by molar-refractivity contribution is 6.07. The van der Waals surface area contributed by atoms with Crippen LogP contribution >= 0.6 is 0 Å². The minimum absolute atomic E-state index is 0.0986. The van der Waals surface area contributed by atoms with Crippen LogP contribution in [0.1, 0.15) is 50.7 Å². The van der Waals surface area contributed by atoms with Crippen LogP contribution in [0.4, 0.5) is 5.69 Å². The summed E-state index contributed by atoms with van der Waals surface area (Å²) in [6, 6.07) is 20.5. The van der Waals surface area contributed by atoms with E-state index in [9.17, 15) is 4.79 Å². The molecule has 4 rings (SSSR count). The number of carbonyl (C=O) groups excluding carboxylic acids is 1. The van der Waals surface area contributed by atoms with Crippen molar-refractivity contribution in [3.8, 4) is 5.75 Å². The molecule has 3 heteroatoms. The molecule has 1 saturated carbocycles. The Morgan fingerprint density at radius 2 is 1.59 bits per heavy atom. The van der Waals surface area contributed by atoms with Crippen LogP contribution in [-0.4, -0.2) is 12.0 Å². The summed E-state index contributed by atoms with van der Waals surface area (Å²) >= 11 is 0. The van der Waals surface area contributed by atoms with Crippen LogP contribution in [0.3, 0.4) is 0 Å². The third kappa shape index (κ3) is 3.74. The molecule has 3 aromatic rings. The number of amides is 1. The second-order valence-corrected chi connectivity index (χ2v) is 8.43. The Balaban J connectivity index is 1.70. The molecule has 1 aliphatic carbocycles. The molecule has 0 radical (unpaired) electrons. The Bertz CT molecular complexity index is 1010. The van der Waals surface area contributed by atoms with Gasteiger partial charge >= 0.3 is 0 Å². The topological polar surface area (TPSA) is 38.3 Å². The highest BCUT2D eigenvalue weighted by Gasteiger charge is 2.42. The van der Waals surface area contributed by atoms with Crippen LogP contribution in [-0.2, 0) is 10.2 Å². The summed E-state index contributed by atoms with van der Waals surface area (Å²) < 4.78 is 5.97. The van der Waals surface area contributed by atoms with Gasteiger partial charge in [0.25, 0.3) is 0 Å². The average molecular weight is 388 g/mol. The number of hydrogen-bond donors (Lipinski definition) is 1. The van der Waals surface area contributed by atoms with E-state index < -0.39 is 5.41 Å². The van der Waals surface area contributed by atoms with Gasteiger partial charge in [-0.25, -0.2) is 0 Å². The summed E-state index contributed by atoms with van der Waals surface area (Å²) in [6.45, 7) is 6.13. The van der Waals surface area contributed by atoms with Gasteiger partial charge in [-0.1, -0.05) is 66.9 Å². The number of carbonyl (C=O) groups is 1. The lowest BCUT2D eigenvalue weighted by Gasteiger charge is -2.29. The summed E-state index contributed by atoms with van der Waals surface area (Å²) in [6.07, 6.45) is 4.07. The molecule has 0 spiro atoms. The molecule has 0 heterocycles. The van der Waals surface area contributed by atoms with Gasteiger partial charge in [0.2, 0.25) is 5.91 Å². The number of benzene rings is 3. The molecule has 0 bridgehead atoms. The molecular weight excluding hydrogens is 358 g/mol. The van der Waals surface area contributed by atoms with E-state index in [4.69, 9.17) is 4.74 Å². The van der Waals surface area contributed by atoms with Gasteiger partial charge in [0, 0.05) is 16.5 Å². The monoisotopic (exact) mass is 387 g/mol. The summed E-state index contributed by atoms with van der Waals surface area (Å²) in [7, 11) is 0. The number of nitrogens with one attached hydrogen (secondary N) is 1. The number of aryl methyl sites for hydroxylation is 1. The molecule has 1 aliphatic rings. The van der Waals surface area contributed by atoms with Crippen molar-refractivity contribution >= 4 is 22.4 Å². The van der Waals surface area contributed by atoms with Crippen LogP contribution in [0, 0.1) is 6.92 Å². The Kier molecular flexibility index (Phi) is 5.31. The lowest BCUT2D eigenvalue weighted by atomic mass is 9.77. The predicted octanol–water partition coefficient (Wildman–Crippen LogP) is 6.39. The van der Waals surface area contributed by atoms with E-state index in [1.807, 2.05) is 50.2 Å². The van der Waals surface area contributed by atoms with Crippen LogP contribution < -0.4 is 10.1 Å². The molecule has 1 N–H and O–H groups in total. The zero-order valence-electron chi connectivity index (χ0n) is 17.5. The first-order chi connectivity index (χ1) is 14.0. The lowest BCUT2D eigenvalue weighted by molar-refractivity contribution is -0.121. The smallest absolute Gasteiger partial charge is 0.235 e. The molecule has 0 saturated heterocycles. The van der Waals surface area contributed by atoms with Crippen LogP contribution in [0.25, 0.3) is 10.8 Å². The van der Waals surface area contributed by atoms with E-state index in [1.165, 1.54) is 5.56 Å². The maximum absolute atomic E-state index is 13.6. The molecule has 0 unspecified atom stereocenters. The molecule has 0 aliphatic heterocycles. The highest BCUT2D eigenvalue weighted by atomic mass is 16.5. The van der Waals surface area contributed by atoms with Gasteiger partial charge in [0.15, 0.2) is 0 Å². The second-order valence-electron chi connectivity index (χ2n) is 8.43. The molecular formula is C26H29NO2. The zero-order valence-corrected chi connectivity index (χ0v) is 17.5. The summed E-state index contributed by atoms with van der Waals surface area (Å²) in [5.74, 6) is 0.948. The van der Waals surface area contributed by atoms with Crippen molar-refractivity contribution in [1.29, 1.82) is 0 Å². The third-order valence-electron chi connectivity index (χ3n) is 5.99. The molecule has 150 valence electrons. The van der Waals surface area contributed by atoms with Crippen LogP contribution in [0.15, 0.2) is 60.7 Å². The molecule has 0 aromatic heterocycles. The zero-order chi connectivity index (χ0) is 20.4. The van der Waals surface area contributed by atoms with Gasteiger partial charge in [0.05, 0.1) is 11.5 Å². The van der Waals surface area contributed by atoms with Gasteiger partial charge < -0.3 is 10.1 Å². The van der Waals surface area contributed by atoms with E-state index in [0.717, 1.165) is 53.5 Å². The average Bonchev–Trinajstić information content (AvgIpc) is 3.21. The van der Waals surface area contributed by atoms with Crippen molar-refractivity contribution in [2.75, 3.05) is 5.32 Å². The fourth-order valence-electron chi connectivity index (χ4n) is 4.48. The number of rotatable bonds is 5. The summed E-state index contributed by atoms with van der Waals surface area (Å²) in [5, 5.41) is 5.30. The van der Waals surface area contributed by atoms with E-state index >= 15 is 0 Å². The second kappa shape index (κ2) is 7.90. The number of ether oxygens (including phenoxy) is 1. The van der Waals surface area contributed by atoms with E-state index in [0.29, 0.717) is 0 Å².